The number of halogens is 1. The molecule has 28 heavy (non-hydrogen) atoms. The minimum absolute atomic E-state index is 0.242. The number of nitrogens with zero attached hydrogens (tertiary/aromatic N) is 1. The molecule has 0 amide bonds. The molecule has 3 aromatic rings. The molecule has 0 spiro atoms. The number of benzene rings is 2. The molecule has 0 bridgehead atoms. The molecule has 1 aromatic heterocycles. The standard InChI is InChI=1S/C22H19FN2O2S/c1-28(26,27)25-18-8-4-15(5-9-18)13-21-19-10-7-17(23)14-16(19)6-11-22-20(21)3-2-12-24-22/h2-5,7-10,12-14,25H,6,11H2,1H3. The van der Waals surface area contributed by atoms with Crippen molar-refractivity contribution in [3.63, 3.8) is 0 Å². The van der Waals surface area contributed by atoms with Gasteiger partial charge in [-0.3, -0.25) is 9.71 Å². The third kappa shape index (κ3) is 3.97. The molecule has 1 aliphatic rings. The summed E-state index contributed by atoms with van der Waals surface area (Å²) in [5, 5.41) is 0. The fraction of sp³-hybridized carbons (Fsp3) is 0.136. The van der Waals surface area contributed by atoms with E-state index in [0.29, 0.717) is 5.69 Å². The van der Waals surface area contributed by atoms with E-state index in [2.05, 4.69) is 9.71 Å². The molecule has 4 nitrogen and oxygen atoms in total. The first-order chi connectivity index (χ1) is 13.4. The van der Waals surface area contributed by atoms with E-state index in [1.807, 2.05) is 36.4 Å². The van der Waals surface area contributed by atoms with Crippen LogP contribution >= 0.6 is 0 Å². The molecular weight excluding hydrogens is 375 g/mol. The third-order valence-corrected chi connectivity index (χ3v) is 5.30. The van der Waals surface area contributed by atoms with Gasteiger partial charge in [0.1, 0.15) is 5.82 Å². The monoisotopic (exact) mass is 394 g/mol. The van der Waals surface area contributed by atoms with E-state index in [1.54, 1.807) is 24.4 Å². The lowest BCUT2D eigenvalue weighted by atomic mass is 9.93. The molecule has 6 heteroatoms. The zero-order chi connectivity index (χ0) is 19.7. The molecule has 0 radical (unpaired) electrons. The molecule has 0 fully saturated rings. The number of sulfonamides is 1. The zero-order valence-electron chi connectivity index (χ0n) is 15.3. The Labute approximate surface area is 163 Å². The summed E-state index contributed by atoms with van der Waals surface area (Å²) in [6.45, 7) is 0. The van der Waals surface area contributed by atoms with Gasteiger partial charge in [-0.25, -0.2) is 12.8 Å². The number of nitrogens with one attached hydrogen (secondary N) is 1. The van der Waals surface area contributed by atoms with Crippen molar-refractivity contribution in [2.45, 2.75) is 12.8 Å². The van der Waals surface area contributed by atoms with Crippen LogP contribution in [0.2, 0.25) is 0 Å². The van der Waals surface area contributed by atoms with Gasteiger partial charge in [-0.2, -0.15) is 0 Å². The lowest BCUT2D eigenvalue weighted by Crippen LogP contribution is -2.09. The second-order valence-corrected chi connectivity index (χ2v) is 8.60. The van der Waals surface area contributed by atoms with E-state index >= 15 is 0 Å². The highest BCUT2D eigenvalue weighted by Crippen LogP contribution is 2.34. The van der Waals surface area contributed by atoms with Crippen LogP contribution in [0, 0.1) is 5.82 Å². The maximum atomic E-state index is 13.8. The normalized spacial score (nSPS) is 14.9. The highest BCUT2D eigenvalue weighted by molar-refractivity contribution is 7.92. The lowest BCUT2D eigenvalue weighted by molar-refractivity contribution is 0.607. The van der Waals surface area contributed by atoms with Crippen molar-refractivity contribution < 1.29 is 12.8 Å². The molecule has 1 heterocycles. The predicted octanol–water partition coefficient (Wildman–Crippen LogP) is 4.28. The molecule has 142 valence electrons. The Kier molecular flexibility index (Phi) is 4.73. The summed E-state index contributed by atoms with van der Waals surface area (Å²) >= 11 is 0. The Morgan fingerprint density at radius 2 is 1.82 bits per heavy atom. The van der Waals surface area contributed by atoms with Gasteiger partial charge in [-0.1, -0.05) is 24.3 Å². The maximum Gasteiger partial charge on any atom is 0.229 e. The molecule has 4 rings (SSSR count). The van der Waals surface area contributed by atoms with Crippen molar-refractivity contribution >= 4 is 27.4 Å². The van der Waals surface area contributed by atoms with Crippen LogP contribution in [0.25, 0.3) is 11.6 Å². The molecule has 0 unspecified atom stereocenters. The number of hydrogen-bond donors (Lipinski definition) is 1. The number of anilines is 1. The quantitative estimate of drug-likeness (QED) is 0.721. The Bertz CT molecular complexity index is 1170. The number of fused-ring (bicyclic) bond motifs is 2. The summed E-state index contributed by atoms with van der Waals surface area (Å²) in [6, 6.07) is 16.0. The molecule has 0 atom stereocenters. The van der Waals surface area contributed by atoms with Crippen molar-refractivity contribution in [3.8, 4) is 0 Å². The van der Waals surface area contributed by atoms with Gasteiger partial charge in [0.25, 0.3) is 0 Å². The second kappa shape index (κ2) is 7.20. The summed E-state index contributed by atoms with van der Waals surface area (Å²) < 4.78 is 39.0. The van der Waals surface area contributed by atoms with Crippen LogP contribution in [-0.2, 0) is 22.9 Å². The average molecular weight is 394 g/mol. The first-order valence-corrected chi connectivity index (χ1v) is 10.8. The van der Waals surface area contributed by atoms with Gasteiger partial charge < -0.3 is 0 Å². The van der Waals surface area contributed by atoms with Crippen molar-refractivity contribution in [2.75, 3.05) is 11.0 Å². The van der Waals surface area contributed by atoms with E-state index in [0.717, 1.165) is 52.6 Å². The number of hydrogen-bond acceptors (Lipinski definition) is 3. The molecule has 0 saturated carbocycles. The molecule has 2 aromatic carbocycles. The Morgan fingerprint density at radius 1 is 1.04 bits per heavy atom. The van der Waals surface area contributed by atoms with Crippen LogP contribution in [0.3, 0.4) is 0 Å². The predicted molar refractivity (Wildman–Crippen MR) is 110 cm³/mol. The zero-order valence-corrected chi connectivity index (χ0v) is 16.1. The smallest absolute Gasteiger partial charge is 0.229 e. The summed E-state index contributed by atoms with van der Waals surface area (Å²) in [7, 11) is -3.32. The Morgan fingerprint density at radius 3 is 2.57 bits per heavy atom. The van der Waals surface area contributed by atoms with Crippen LogP contribution in [0.1, 0.15) is 27.9 Å². The number of rotatable bonds is 3. The Hall–Kier alpha value is -2.99. The van der Waals surface area contributed by atoms with Crippen LogP contribution in [-0.4, -0.2) is 19.7 Å². The average Bonchev–Trinajstić information content (AvgIpc) is 2.79. The fourth-order valence-electron chi connectivity index (χ4n) is 3.50. The van der Waals surface area contributed by atoms with Crippen molar-refractivity contribution in [3.05, 3.63) is 94.6 Å². The molecule has 1 N–H and O–H groups in total. The summed E-state index contributed by atoms with van der Waals surface area (Å²) in [6.07, 6.45) is 6.41. The van der Waals surface area contributed by atoms with Crippen LogP contribution < -0.4 is 4.72 Å². The van der Waals surface area contributed by atoms with E-state index in [1.165, 1.54) is 6.07 Å². The number of aromatic nitrogens is 1. The summed E-state index contributed by atoms with van der Waals surface area (Å²) in [5.74, 6) is -0.242. The van der Waals surface area contributed by atoms with Crippen molar-refractivity contribution in [2.24, 2.45) is 0 Å². The second-order valence-electron chi connectivity index (χ2n) is 6.85. The van der Waals surface area contributed by atoms with E-state index in [4.69, 9.17) is 0 Å². The van der Waals surface area contributed by atoms with Crippen LogP contribution in [0.15, 0.2) is 60.8 Å². The molecule has 0 saturated heterocycles. The number of aryl methyl sites for hydroxylation is 2. The van der Waals surface area contributed by atoms with Crippen molar-refractivity contribution in [1.82, 2.24) is 4.98 Å². The van der Waals surface area contributed by atoms with E-state index in [9.17, 15) is 12.8 Å². The molecule has 0 aliphatic heterocycles. The first kappa shape index (κ1) is 18.4. The van der Waals surface area contributed by atoms with E-state index in [-0.39, 0.29) is 5.82 Å². The third-order valence-electron chi connectivity index (χ3n) is 4.69. The Balaban J connectivity index is 1.82. The first-order valence-electron chi connectivity index (χ1n) is 8.92. The molecular formula is C22H19FN2O2S. The highest BCUT2D eigenvalue weighted by Gasteiger charge is 2.19. The van der Waals surface area contributed by atoms with Crippen molar-refractivity contribution in [1.29, 1.82) is 0 Å². The fourth-order valence-corrected chi connectivity index (χ4v) is 4.06. The van der Waals surface area contributed by atoms with Crippen LogP contribution in [0.4, 0.5) is 10.1 Å². The van der Waals surface area contributed by atoms with Gasteiger partial charge >= 0.3 is 0 Å². The van der Waals surface area contributed by atoms with Gasteiger partial charge in [0.2, 0.25) is 10.0 Å². The number of pyridine rings is 1. The SMILES string of the molecule is CS(=O)(=O)Nc1ccc(C=C2c3ccc(F)cc3CCc3ncccc32)cc1. The summed E-state index contributed by atoms with van der Waals surface area (Å²) in [4.78, 5) is 4.52. The maximum absolute atomic E-state index is 13.8. The van der Waals surface area contributed by atoms with E-state index < -0.39 is 10.0 Å². The topological polar surface area (TPSA) is 59.1 Å². The van der Waals surface area contributed by atoms with Gasteiger partial charge in [0.15, 0.2) is 0 Å². The largest absolute Gasteiger partial charge is 0.284 e. The minimum Gasteiger partial charge on any atom is -0.284 e. The summed E-state index contributed by atoms with van der Waals surface area (Å²) in [5.41, 5.74) is 6.38. The van der Waals surface area contributed by atoms with Gasteiger partial charge in [-0.05, 0) is 71.5 Å². The lowest BCUT2D eigenvalue weighted by Gasteiger charge is -2.12. The van der Waals surface area contributed by atoms with Gasteiger partial charge in [-0.15, -0.1) is 0 Å². The highest BCUT2D eigenvalue weighted by atomic mass is 32.2. The van der Waals surface area contributed by atoms with Crippen LogP contribution in [0.5, 0.6) is 0 Å². The van der Waals surface area contributed by atoms with Gasteiger partial charge in [0, 0.05) is 23.1 Å². The molecule has 1 aliphatic carbocycles. The van der Waals surface area contributed by atoms with Gasteiger partial charge in [0.05, 0.1) is 6.26 Å². The minimum atomic E-state index is -3.32.